The molecule has 0 spiro atoms. The Labute approximate surface area is 168 Å². The van der Waals surface area contributed by atoms with Crippen molar-refractivity contribution >= 4 is 11.6 Å². The molecule has 0 aliphatic heterocycles. The number of amides is 1. The normalized spacial score (nSPS) is 11.3. The number of nitrogens with zero attached hydrogens (tertiary/aromatic N) is 2. The van der Waals surface area contributed by atoms with Crippen molar-refractivity contribution in [2.75, 3.05) is 5.32 Å². The smallest absolute Gasteiger partial charge is 0.388 e. The van der Waals surface area contributed by atoms with E-state index in [1.807, 2.05) is 18.2 Å². The molecule has 1 heterocycles. The Kier molecular flexibility index (Phi) is 5.96. The SMILES string of the molecule is CC(C)c1cccc(C(C)C)c1NC(=O)Cn1nc(-c2ccc(F)cc2)oc1=O. The van der Waals surface area contributed by atoms with Crippen LogP contribution in [-0.2, 0) is 11.3 Å². The molecule has 152 valence electrons. The van der Waals surface area contributed by atoms with Crippen molar-refractivity contribution in [3.63, 3.8) is 0 Å². The summed E-state index contributed by atoms with van der Waals surface area (Å²) in [6.07, 6.45) is 0. The first-order valence-corrected chi connectivity index (χ1v) is 9.52. The van der Waals surface area contributed by atoms with Crippen LogP contribution in [0.15, 0.2) is 51.7 Å². The van der Waals surface area contributed by atoms with Crippen LogP contribution in [0.4, 0.5) is 10.1 Å². The lowest BCUT2D eigenvalue weighted by Gasteiger charge is -2.20. The fourth-order valence-corrected chi connectivity index (χ4v) is 3.13. The second-order valence-corrected chi connectivity index (χ2v) is 7.51. The third-order valence-corrected chi connectivity index (χ3v) is 4.63. The zero-order valence-electron chi connectivity index (χ0n) is 16.9. The van der Waals surface area contributed by atoms with Crippen molar-refractivity contribution in [3.8, 4) is 11.5 Å². The number of halogens is 1. The minimum Gasteiger partial charge on any atom is -0.388 e. The van der Waals surface area contributed by atoms with Gasteiger partial charge >= 0.3 is 5.76 Å². The van der Waals surface area contributed by atoms with E-state index in [2.05, 4.69) is 38.1 Å². The molecule has 0 aliphatic carbocycles. The molecule has 0 saturated carbocycles. The van der Waals surface area contributed by atoms with Crippen molar-refractivity contribution in [2.24, 2.45) is 0 Å². The van der Waals surface area contributed by atoms with Crippen LogP contribution in [0.2, 0.25) is 0 Å². The zero-order chi connectivity index (χ0) is 21.1. The van der Waals surface area contributed by atoms with Crippen molar-refractivity contribution in [1.82, 2.24) is 9.78 Å². The Hall–Kier alpha value is -3.22. The third-order valence-electron chi connectivity index (χ3n) is 4.63. The molecule has 7 heteroatoms. The average molecular weight is 397 g/mol. The Balaban J connectivity index is 1.84. The van der Waals surface area contributed by atoms with Gasteiger partial charge in [-0.05, 0) is 47.2 Å². The number of aromatic nitrogens is 2. The van der Waals surface area contributed by atoms with Gasteiger partial charge in [-0.1, -0.05) is 45.9 Å². The van der Waals surface area contributed by atoms with Crippen molar-refractivity contribution < 1.29 is 13.6 Å². The number of nitrogens with one attached hydrogen (secondary N) is 1. The highest BCUT2D eigenvalue weighted by molar-refractivity contribution is 5.92. The summed E-state index contributed by atoms with van der Waals surface area (Å²) in [7, 11) is 0. The summed E-state index contributed by atoms with van der Waals surface area (Å²) in [6.45, 7) is 7.96. The van der Waals surface area contributed by atoms with Gasteiger partial charge < -0.3 is 9.73 Å². The summed E-state index contributed by atoms with van der Waals surface area (Å²) < 4.78 is 19.1. The topological polar surface area (TPSA) is 77.1 Å². The van der Waals surface area contributed by atoms with Crippen molar-refractivity contribution in [1.29, 1.82) is 0 Å². The molecule has 6 nitrogen and oxygen atoms in total. The quantitative estimate of drug-likeness (QED) is 0.663. The van der Waals surface area contributed by atoms with Gasteiger partial charge in [0.1, 0.15) is 12.4 Å². The van der Waals surface area contributed by atoms with Crippen LogP contribution >= 0.6 is 0 Å². The number of para-hydroxylation sites is 1. The fraction of sp³-hybridized carbons (Fsp3) is 0.318. The molecular formula is C22H24FN3O3. The minimum absolute atomic E-state index is 0.0354. The van der Waals surface area contributed by atoms with Gasteiger partial charge in [-0.15, -0.1) is 5.10 Å². The van der Waals surface area contributed by atoms with Crippen LogP contribution in [0.25, 0.3) is 11.5 Å². The molecule has 0 unspecified atom stereocenters. The first-order valence-electron chi connectivity index (χ1n) is 9.52. The maximum atomic E-state index is 13.1. The number of rotatable bonds is 6. The van der Waals surface area contributed by atoms with E-state index in [0.717, 1.165) is 21.5 Å². The van der Waals surface area contributed by atoms with Crippen molar-refractivity contribution in [3.05, 3.63) is 70.0 Å². The lowest BCUT2D eigenvalue weighted by molar-refractivity contribution is -0.117. The molecule has 0 fully saturated rings. The maximum absolute atomic E-state index is 13.1. The summed E-state index contributed by atoms with van der Waals surface area (Å²) in [5, 5.41) is 7.00. The molecule has 1 N–H and O–H groups in total. The van der Waals surface area contributed by atoms with E-state index < -0.39 is 11.6 Å². The van der Waals surface area contributed by atoms with Crippen molar-refractivity contribution in [2.45, 2.75) is 46.1 Å². The predicted molar refractivity (Wildman–Crippen MR) is 109 cm³/mol. The molecule has 0 radical (unpaired) electrons. The molecule has 1 amide bonds. The van der Waals surface area contributed by atoms with E-state index in [1.165, 1.54) is 24.3 Å². The first-order chi connectivity index (χ1) is 13.8. The molecule has 29 heavy (non-hydrogen) atoms. The average Bonchev–Trinajstić information content (AvgIpc) is 3.02. The van der Waals surface area contributed by atoms with Crippen LogP contribution in [0.5, 0.6) is 0 Å². The number of hydrogen-bond donors (Lipinski definition) is 1. The summed E-state index contributed by atoms with van der Waals surface area (Å²) >= 11 is 0. The molecule has 0 aliphatic rings. The molecule has 3 rings (SSSR count). The van der Waals surface area contributed by atoms with Gasteiger partial charge in [0.05, 0.1) is 0 Å². The minimum atomic E-state index is -0.749. The van der Waals surface area contributed by atoms with Gasteiger partial charge in [-0.25, -0.2) is 9.18 Å². The lowest BCUT2D eigenvalue weighted by atomic mass is 9.92. The monoisotopic (exact) mass is 397 g/mol. The standard InChI is InChI=1S/C22H24FN3O3/c1-13(2)17-6-5-7-18(14(3)4)20(17)24-19(27)12-26-22(28)29-21(25-26)15-8-10-16(23)11-9-15/h5-11,13-14H,12H2,1-4H3,(H,24,27). The highest BCUT2D eigenvalue weighted by Crippen LogP contribution is 2.32. The summed E-state index contributed by atoms with van der Waals surface area (Å²) in [5.41, 5.74) is 3.29. The second-order valence-electron chi connectivity index (χ2n) is 7.51. The number of hydrogen-bond acceptors (Lipinski definition) is 4. The van der Waals surface area contributed by atoms with E-state index in [4.69, 9.17) is 4.42 Å². The van der Waals surface area contributed by atoms with Crippen LogP contribution in [0.3, 0.4) is 0 Å². The van der Waals surface area contributed by atoms with E-state index in [-0.39, 0.29) is 30.2 Å². The van der Waals surface area contributed by atoms with Crippen LogP contribution < -0.4 is 11.1 Å². The Morgan fingerprint density at radius 1 is 1.07 bits per heavy atom. The van der Waals surface area contributed by atoms with Gasteiger partial charge in [0.15, 0.2) is 0 Å². The first kappa shape index (κ1) is 20.5. The molecule has 0 atom stereocenters. The molecule has 2 aromatic carbocycles. The van der Waals surface area contributed by atoms with E-state index >= 15 is 0 Å². The van der Waals surface area contributed by atoms with Gasteiger partial charge in [-0.2, -0.15) is 4.68 Å². The number of carbonyl (C=O) groups is 1. The molecule has 0 saturated heterocycles. The number of benzene rings is 2. The lowest BCUT2D eigenvalue weighted by Crippen LogP contribution is -2.26. The maximum Gasteiger partial charge on any atom is 0.437 e. The van der Waals surface area contributed by atoms with Crippen LogP contribution in [-0.4, -0.2) is 15.7 Å². The largest absolute Gasteiger partial charge is 0.437 e. The Morgan fingerprint density at radius 2 is 1.66 bits per heavy atom. The van der Waals surface area contributed by atoms with Crippen LogP contribution in [0, 0.1) is 5.82 Å². The van der Waals surface area contributed by atoms with Gasteiger partial charge in [0.2, 0.25) is 11.8 Å². The second kappa shape index (κ2) is 8.43. The Bertz CT molecular complexity index is 1040. The van der Waals surface area contributed by atoms with E-state index in [1.54, 1.807) is 0 Å². The predicted octanol–water partition coefficient (Wildman–Crippen LogP) is 4.53. The zero-order valence-corrected chi connectivity index (χ0v) is 16.9. The molecule has 1 aromatic heterocycles. The summed E-state index contributed by atoms with van der Waals surface area (Å²) in [6, 6.07) is 11.4. The Morgan fingerprint density at radius 3 is 2.21 bits per heavy atom. The van der Waals surface area contributed by atoms with Gasteiger partial charge in [-0.3, -0.25) is 4.79 Å². The summed E-state index contributed by atoms with van der Waals surface area (Å²) in [4.78, 5) is 24.8. The molecule has 3 aromatic rings. The van der Waals surface area contributed by atoms with Gasteiger partial charge in [0, 0.05) is 11.3 Å². The highest BCUT2D eigenvalue weighted by Gasteiger charge is 2.18. The van der Waals surface area contributed by atoms with Gasteiger partial charge in [0.25, 0.3) is 0 Å². The molecular weight excluding hydrogens is 373 g/mol. The third kappa shape index (κ3) is 4.62. The van der Waals surface area contributed by atoms with E-state index in [9.17, 15) is 14.0 Å². The number of carbonyl (C=O) groups excluding carboxylic acids is 1. The van der Waals surface area contributed by atoms with E-state index in [0.29, 0.717) is 5.56 Å². The molecule has 0 bridgehead atoms. The summed E-state index contributed by atoms with van der Waals surface area (Å²) in [5.74, 6) is -1.04. The van der Waals surface area contributed by atoms with Crippen LogP contribution in [0.1, 0.15) is 50.7 Å². The highest BCUT2D eigenvalue weighted by atomic mass is 19.1. The fourth-order valence-electron chi connectivity index (χ4n) is 3.13. The number of anilines is 1.